The molecule has 2 saturated carbocycles. The SMILES string of the molecule is C=C.CC1C=CCC1.CC1CCC1CCCC1=CC2CCCC2CC1.CCC1=CC(C)CC(C)C1. The summed E-state index contributed by atoms with van der Waals surface area (Å²) in [5.41, 5.74) is 3.49. The molecule has 0 heterocycles. The maximum atomic E-state index is 3.00. The average Bonchev–Trinajstić information content (AvgIpc) is 3.53. The van der Waals surface area contributed by atoms with Crippen LogP contribution in [0.3, 0.4) is 0 Å². The monoisotopic (exact) mass is 480 g/mol. The predicted octanol–water partition coefficient (Wildman–Crippen LogP) is 11.5. The molecular weight excluding hydrogens is 420 g/mol. The van der Waals surface area contributed by atoms with Crippen LogP contribution in [0.5, 0.6) is 0 Å². The summed E-state index contributed by atoms with van der Waals surface area (Å²) in [6, 6.07) is 0. The van der Waals surface area contributed by atoms with Gasteiger partial charge in [0.2, 0.25) is 0 Å². The fraction of sp³-hybridized carbons (Fsp3) is 0.771. The van der Waals surface area contributed by atoms with Gasteiger partial charge in [-0.2, -0.15) is 0 Å². The van der Waals surface area contributed by atoms with E-state index in [0.29, 0.717) is 0 Å². The van der Waals surface area contributed by atoms with Crippen LogP contribution in [0, 0.1) is 41.4 Å². The lowest BCUT2D eigenvalue weighted by Gasteiger charge is -2.34. The van der Waals surface area contributed by atoms with Crippen LogP contribution in [-0.2, 0) is 0 Å². The number of hydrogen-bond acceptors (Lipinski definition) is 0. The number of rotatable bonds is 5. The lowest BCUT2D eigenvalue weighted by Crippen LogP contribution is -2.22. The Labute approximate surface area is 220 Å². The molecule has 0 N–H and O–H groups in total. The zero-order valence-corrected chi connectivity index (χ0v) is 24.4. The van der Waals surface area contributed by atoms with Gasteiger partial charge in [0.25, 0.3) is 0 Å². The Kier molecular flexibility index (Phi) is 14.4. The van der Waals surface area contributed by atoms with Gasteiger partial charge in [0.15, 0.2) is 0 Å². The Morgan fingerprint density at radius 2 is 1.66 bits per heavy atom. The first-order valence-electron chi connectivity index (χ1n) is 15.5. The molecule has 35 heavy (non-hydrogen) atoms. The molecule has 0 radical (unpaired) electrons. The van der Waals surface area contributed by atoms with E-state index in [0.717, 1.165) is 41.4 Å². The van der Waals surface area contributed by atoms with Crippen molar-refractivity contribution in [3.05, 3.63) is 48.6 Å². The summed E-state index contributed by atoms with van der Waals surface area (Å²) in [5, 5.41) is 0. The zero-order chi connectivity index (χ0) is 25.6. The van der Waals surface area contributed by atoms with Gasteiger partial charge >= 0.3 is 0 Å². The Morgan fingerprint density at radius 1 is 0.857 bits per heavy atom. The summed E-state index contributed by atoms with van der Waals surface area (Å²) in [6.45, 7) is 17.6. The maximum absolute atomic E-state index is 3.00. The van der Waals surface area contributed by atoms with Crippen molar-refractivity contribution in [1.29, 1.82) is 0 Å². The largest absolute Gasteiger partial charge is 0.106 e. The number of allylic oxidation sites excluding steroid dienone is 6. The Hall–Kier alpha value is -1.04. The lowest BCUT2D eigenvalue weighted by atomic mass is 9.72. The van der Waals surface area contributed by atoms with E-state index in [4.69, 9.17) is 0 Å². The summed E-state index contributed by atoms with van der Waals surface area (Å²) in [4.78, 5) is 0. The molecule has 0 amide bonds. The molecular formula is C35H60. The van der Waals surface area contributed by atoms with E-state index < -0.39 is 0 Å². The van der Waals surface area contributed by atoms with E-state index in [-0.39, 0.29) is 0 Å². The topological polar surface area (TPSA) is 0 Å². The normalized spacial score (nSPS) is 34.9. The summed E-state index contributed by atoms with van der Waals surface area (Å²) in [6.07, 6.45) is 31.2. The molecule has 0 nitrogen and oxygen atoms in total. The highest BCUT2D eigenvalue weighted by Gasteiger charge is 2.29. The molecule has 2 fully saturated rings. The molecule has 0 aliphatic heterocycles. The minimum Gasteiger partial charge on any atom is -0.106 e. The molecule has 5 rings (SSSR count). The third-order valence-corrected chi connectivity index (χ3v) is 9.49. The second kappa shape index (κ2) is 16.7. The van der Waals surface area contributed by atoms with Crippen LogP contribution in [0.15, 0.2) is 48.6 Å². The van der Waals surface area contributed by atoms with E-state index in [2.05, 4.69) is 72.1 Å². The third-order valence-electron chi connectivity index (χ3n) is 9.49. The van der Waals surface area contributed by atoms with Gasteiger partial charge in [-0.05, 0) is 125 Å². The van der Waals surface area contributed by atoms with Gasteiger partial charge in [-0.15, -0.1) is 13.2 Å². The van der Waals surface area contributed by atoms with Crippen LogP contribution in [0.25, 0.3) is 0 Å². The van der Waals surface area contributed by atoms with Crippen molar-refractivity contribution >= 4 is 0 Å². The second-order valence-electron chi connectivity index (χ2n) is 12.6. The highest BCUT2D eigenvalue weighted by atomic mass is 14.3. The molecule has 5 aliphatic rings. The van der Waals surface area contributed by atoms with Crippen molar-refractivity contribution in [3.63, 3.8) is 0 Å². The van der Waals surface area contributed by atoms with Gasteiger partial charge in [-0.3, -0.25) is 0 Å². The molecule has 0 aromatic heterocycles. The summed E-state index contributed by atoms with van der Waals surface area (Å²) >= 11 is 0. The molecule has 0 spiro atoms. The van der Waals surface area contributed by atoms with Crippen LogP contribution in [-0.4, -0.2) is 0 Å². The average molecular weight is 481 g/mol. The first kappa shape index (κ1) is 30.2. The molecule has 200 valence electrons. The van der Waals surface area contributed by atoms with E-state index >= 15 is 0 Å². The van der Waals surface area contributed by atoms with E-state index in [1.54, 1.807) is 5.57 Å². The van der Waals surface area contributed by atoms with Crippen LogP contribution in [0.2, 0.25) is 0 Å². The van der Waals surface area contributed by atoms with Gasteiger partial charge in [0.1, 0.15) is 0 Å². The maximum Gasteiger partial charge on any atom is -0.0202 e. The number of fused-ring (bicyclic) bond motifs is 1. The van der Waals surface area contributed by atoms with Crippen LogP contribution >= 0.6 is 0 Å². The van der Waals surface area contributed by atoms with Crippen molar-refractivity contribution < 1.29 is 0 Å². The van der Waals surface area contributed by atoms with Crippen molar-refractivity contribution in [3.8, 4) is 0 Å². The summed E-state index contributed by atoms with van der Waals surface area (Å²) in [5.74, 6) is 6.80. The summed E-state index contributed by atoms with van der Waals surface area (Å²) in [7, 11) is 0. The fourth-order valence-electron chi connectivity index (χ4n) is 7.11. The fourth-order valence-corrected chi connectivity index (χ4v) is 7.11. The molecule has 5 aliphatic carbocycles. The third kappa shape index (κ3) is 10.9. The summed E-state index contributed by atoms with van der Waals surface area (Å²) < 4.78 is 0. The van der Waals surface area contributed by atoms with Crippen molar-refractivity contribution in [2.75, 3.05) is 0 Å². The molecule has 0 aromatic rings. The van der Waals surface area contributed by atoms with Gasteiger partial charge in [-0.1, -0.05) is 82.9 Å². The Bertz CT molecular complexity index is 664. The van der Waals surface area contributed by atoms with Gasteiger partial charge in [0, 0.05) is 0 Å². The quantitative estimate of drug-likeness (QED) is 0.343. The van der Waals surface area contributed by atoms with Crippen LogP contribution in [0.1, 0.15) is 131 Å². The minimum atomic E-state index is 0.832. The molecule has 0 heteroatoms. The highest BCUT2D eigenvalue weighted by Crippen LogP contribution is 2.42. The standard InChI is InChI=1S/C17H28.C10H18.C6H10.C2H4/c1-13-8-10-15(13)5-2-4-14-9-11-16-6-3-7-17(16)12-14;1-4-10-6-8(2)5-9(3)7-10;1-6-4-2-3-5-6;1-2/h12-13,15-17H,2-11H2,1H3;6,8-9H,4-5,7H2,1-3H3;2,4,6H,3,5H2,1H3;1-2H2. The zero-order valence-electron chi connectivity index (χ0n) is 24.4. The van der Waals surface area contributed by atoms with Gasteiger partial charge < -0.3 is 0 Å². The number of hydrogen-bond donors (Lipinski definition) is 0. The van der Waals surface area contributed by atoms with Crippen molar-refractivity contribution in [2.45, 2.75) is 131 Å². The molecule has 0 saturated heterocycles. The van der Waals surface area contributed by atoms with Crippen LogP contribution < -0.4 is 0 Å². The molecule has 7 unspecified atom stereocenters. The minimum absolute atomic E-state index is 0.832. The molecule has 7 atom stereocenters. The molecule has 0 aromatic carbocycles. The Balaban J connectivity index is 0.000000203. The van der Waals surface area contributed by atoms with Gasteiger partial charge in [-0.25, -0.2) is 0 Å². The lowest BCUT2D eigenvalue weighted by molar-refractivity contribution is 0.180. The van der Waals surface area contributed by atoms with E-state index in [1.807, 2.05) is 5.57 Å². The van der Waals surface area contributed by atoms with Crippen molar-refractivity contribution in [1.82, 2.24) is 0 Å². The first-order chi connectivity index (χ1) is 16.9. The van der Waals surface area contributed by atoms with Gasteiger partial charge in [0.05, 0.1) is 0 Å². The predicted molar refractivity (Wildman–Crippen MR) is 159 cm³/mol. The van der Waals surface area contributed by atoms with Crippen LogP contribution in [0.4, 0.5) is 0 Å². The Morgan fingerprint density at radius 3 is 2.20 bits per heavy atom. The first-order valence-corrected chi connectivity index (χ1v) is 15.5. The highest BCUT2D eigenvalue weighted by molar-refractivity contribution is 5.11. The smallest absolute Gasteiger partial charge is 0.0202 e. The molecule has 0 bridgehead atoms. The van der Waals surface area contributed by atoms with E-state index in [9.17, 15) is 0 Å². The van der Waals surface area contributed by atoms with Crippen molar-refractivity contribution in [2.24, 2.45) is 41.4 Å². The van der Waals surface area contributed by atoms with E-state index in [1.165, 1.54) is 96.3 Å². The second-order valence-corrected chi connectivity index (χ2v) is 12.6.